The molecule has 6 heteroatoms. The van der Waals surface area contributed by atoms with Crippen molar-refractivity contribution in [2.24, 2.45) is 11.8 Å². The summed E-state index contributed by atoms with van der Waals surface area (Å²) in [5.41, 5.74) is 0.286. The van der Waals surface area contributed by atoms with Gasteiger partial charge in [-0.3, -0.25) is 9.59 Å². The number of carbonyl (C=O) groups is 3. The molecule has 2 aromatic carbocycles. The van der Waals surface area contributed by atoms with Gasteiger partial charge in [0, 0.05) is 24.3 Å². The van der Waals surface area contributed by atoms with Crippen molar-refractivity contribution in [3.05, 3.63) is 42.0 Å². The monoisotopic (exact) mass is 437 g/mol. The average Bonchev–Trinajstić information content (AvgIpc) is 3.23. The lowest BCUT2D eigenvalue weighted by molar-refractivity contribution is -0.154. The highest BCUT2D eigenvalue weighted by molar-refractivity contribution is 6.04. The van der Waals surface area contributed by atoms with Crippen molar-refractivity contribution in [1.82, 2.24) is 4.90 Å². The predicted octanol–water partition coefficient (Wildman–Crippen LogP) is 4.48. The highest BCUT2D eigenvalue weighted by atomic mass is 16.5. The van der Waals surface area contributed by atoms with Crippen molar-refractivity contribution >= 4 is 28.4 Å². The Morgan fingerprint density at radius 3 is 2.56 bits per heavy atom. The number of benzene rings is 2. The van der Waals surface area contributed by atoms with Gasteiger partial charge in [0.05, 0.1) is 12.2 Å². The van der Waals surface area contributed by atoms with Crippen LogP contribution in [0, 0.1) is 11.8 Å². The first kappa shape index (κ1) is 22.3. The Kier molecular flexibility index (Phi) is 6.77. The highest BCUT2D eigenvalue weighted by Gasteiger charge is 2.43. The van der Waals surface area contributed by atoms with Gasteiger partial charge in [-0.25, -0.2) is 4.79 Å². The molecule has 2 fully saturated rings. The van der Waals surface area contributed by atoms with Crippen LogP contribution in [0.1, 0.15) is 62.2 Å². The standard InChI is InChI=1S/C26H31NO5/c1-2-32-26(31)22-14-17(16-27(22)25(30)19-9-4-3-5-10-19)15-23(28)21-13-12-18-8-6-7-11-20(18)24(21)29/h6-8,11-13,17,19,22,29H,2-5,9-10,14-16H2,1H3/t17-,22+/m1/s1. The lowest BCUT2D eigenvalue weighted by Crippen LogP contribution is -2.44. The Bertz CT molecular complexity index is 1010. The molecular formula is C26H31NO5. The third-order valence-electron chi connectivity index (χ3n) is 6.86. The SMILES string of the molecule is CCOC(=O)[C@@H]1C[C@H](CC(=O)c2ccc3ccccc3c2O)CN1C(=O)C1CCCCC1. The van der Waals surface area contributed by atoms with Crippen LogP contribution in [0.15, 0.2) is 36.4 Å². The second-order valence-electron chi connectivity index (χ2n) is 9.01. The number of rotatable bonds is 6. The predicted molar refractivity (Wildman–Crippen MR) is 121 cm³/mol. The summed E-state index contributed by atoms with van der Waals surface area (Å²) in [5.74, 6) is -0.739. The van der Waals surface area contributed by atoms with Crippen LogP contribution in [-0.4, -0.2) is 46.9 Å². The maximum atomic E-state index is 13.2. The molecule has 1 aliphatic heterocycles. The maximum absolute atomic E-state index is 13.2. The van der Waals surface area contributed by atoms with Crippen LogP contribution in [0.5, 0.6) is 5.75 Å². The summed E-state index contributed by atoms with van der Waals surface area (Å²) >= 11 is 0. The molecule has 0 bridgehead atoms. The summed E-state index contributed by atoms with van der Waals surface area (Å²) < 4.78 is 5.24. The van der Waals surface area contributed by atoms with Crippen LogP contribution >= 0.6 is 0 Å². The highest BCUT2D eigenvalue weighted by Crippen LogP contribution is 2.35. The van der Waals surface area contributed by atoms with Gasteiger partial charge in [-0.15, -0.1) is 0 Å². The molecule has 170 valence electrons. The zero-order chi connectivity index (χ0) is 22.7. The Labute approximate surface area is 188 Å². The molecule has 0 radical (unpaired) electrons. The zero-order valence-electron chi connectivity index (χ0n) is 18.6. The van der Waals surface area contributed by atoms with Crippen molar-refractivity contribution < 1.29 is 24.2 Å². The van der Waals surface area contributed by atoms with Crippen LogP contribution in [0.25, 0.3) is 10.8 Å². The largest absolute Gasteiger partial charge is 0.507 e. The number of aromatic hydroxyl groups is 1. The van der Waals surface area contributed by atoms with Gasteiger partial charge in [-0.2, -0.15) is 0 Å². The molecule has 1 aliphatic carbocycles. The Hall–Kier alpha value is -2.89. The van der Waals surface area contributed by atoms with Gasteiger partial charge in [0.2, 0.25) is 5.91 Å². The van der Waals surface area contributed by atoms with E-state index in [0.29, 0.717) is 18.4 Å². The van der Waals surface area contributed by atoms with E-state index in [4.69, 9.17) is 4.74 Å². The number of carbonyl (C=O) groups excluding carboxylic acids is 3. The molecule has 0 unspecified atom stereocenters. The quantitative estimate of drug-likeness (QED) is 0.532. The second-order valence-corrected chi connectivity index (χ2v) is 9.01. The molecule has 0 aromatic heterocycles. The topological polar surface area (TPSA) is 83.9 Å². The van der Waals surface area contributed by atoms with E-state index in [2.05, 4.69) is 0 Å². The Balaban J connectivity index is 1.51. The molecule has 4 rings (SSSR count). The zero-order valence-corrected chi connectivity index (χ0v) is 18.6. The van der Waals surface area contributed by atoms with Crippen LogP contribution < -0.4 is 0 Å². The number of ether oxygens (including phenoxy) is 1. The fourth-order valence-corrected chi connectivity index (χ4v) is 5.21. The van der Waals surface area contributed by atoms with E-state index in [9.17, 15) is 19.5 Å². The molecule has 1 amide bonds. The minimum atomic E-state index is -0.632. The summed E-state index contributed by atoms with van der Waals surface area (Å²) in [5, 5.41) is 12.2. The number of ketones is 1. The molecular weight excluding hydrogens is 406 g/mol. The van der Waals surface area contributed by atoms with Gasteiger partial charge in [0.1, 0.15) is 11.8 Å². The van der Waals surface area contributed by atoms with E-state index in [0.717, 1.165) is 37.5 Å². The number of phenols is 1. The summed E-state index contributed by atoms with van der Waals surface area (Å²) in [6, 6.07) is 10.2. The van der Waals surface area contributed by atoms with Crippen molar-refractivity contribution in [2.45, 2.75) is 57.9 Å². The number of nitrogens with zero attached hydrogens (tertiary/aromatic N) is 1. The molecule has 1 heterocycles. The molecule has 1 saturated carbocycles. The van der Waals surface area contributed by atoms with Crippen molar-refractivity contribution in [2.75, 3.05) is 13.2 Å². The number of fused-ring (bicyclic) bond motifs is 1. The maximum Gasteiger partial charge on any atom is 0.328 e. The molecule has 1 N–H and O–H groups in total. The lowest BCUT2D eigenvalue weighted by Gasteiger charge is -2.29. The number of phenolic OH excluding ortho intramolecular Hbond substituents is 1. The third-order valence-corrected chi connectivity index (χ3v) is 6.86. The van der Waals surface area contributed by atoms with Crippen molar-refractivity contribution in [3.8, 4) is 5.75 Å². The molecule has 6 nitrogen and oxygen atoms in total. The van der Waals surface area contributed by atoms with Gasteiger partial charge >= 0.3 is 5.97 Å². The number of amides is 1. The summed E-state index contributed by atoms with van der Waals surface area (Å²) in [6.45, 7) is 2.39. The first-order valence-corrected chi connectivity index (χ1v) is 11.7. The van der Waals surface area contributed by atoms with Crippen molar-refractivity contribution in [3.63, 3.8) is 0 Å². The van der Waals surface area contributed by atoms with Gasteiger partial charge in [0.15, 0.2) is 5.78 Å². The van der Waals surface area contributed by atoms with E-state index in [1.807, 2.05) is 24.3 Å². The minimum Gasteiger partial charge on any atom is -0.507 e. The number of likely N-dealkylation sites (tertiary alicyclic amines) is 1. The van der Waals surface area contributed by atoms with E-state index < -0.39 is 6.04 Å². The molecule has 2 aromatic rings. The van der Waals surface area contributed by atoms with Gasteiger partial charge in [-0.05, 0) is 43.6 Å². The number of hydrogen-bond acceptors (Lipinski definition) is 5. The van der Waals surface area contributed by atoms with Crippen molar-refractivity contribution in [1.29, 1.82) is 0 Å². The van der Waals surface area contributed by atoms with Crippen LogP contribution in [-0.2, 0) is 14.3 Å². The normalized spacial score (nSPS) is 21.6. The number of esters is 1. The van der Waals surface area contributed by atoms with Crippen LogP contribution in [0.3, 0.4) is 0 Å². The van der Waals surface area contributed by atoms with E-state index in [-0.39, 0.29) is 53.8 Å². The van der Waals surface area contributed by atoms with Crippen LogP contribution in [0.2, 0.25) is 0 Å². The summed E-state index contributed by atoms with van der Waals surface area (Å²) in [6.07, 6.45) is 5.54. The lowest BCUT2D eigenvalue weighted by atomic mass is 9.88. The molecule has 2 atom stereocenters. The Morgan fingerprint density at radius 1 is 1.06 bits per heavy atom. The van der Waals surface area contributed by atoms with E-state index in [1.165, 1.54) is 0 Å². The Morgan fingerprint density at radius 2 is 1.81 bits per heavy atom. The first-order valence-electron chi connectivity index (χ1n) is 11.7. The van der Waals surface area contributed by atoms with E-state index in [1.54, 1.807) is 24.0 Å². The second kappa shape index (κ2) is 9.72. The van der Waals surface area contributed by atoms with Gasteiger partial charge < -0.3 is 14.7 Å². The van der Waals surface area contributed by atoms with Gasteiger partial charge in [0.25, 0.3) is 0 Å². The molecule has 32 heavy (non-hydrogen) atoms. The summed E-state index contributed by atoms with van der Waals surface area (Å²) in [7, 11) is 0. The molecule has 0 spiro atoms. The minimum absolute atomic E-state index is 0.0109. The third kappa shape index (κ3) is 4.50. The van der Waals surface area contributed by atoms with Gasteiger partial charge in [-0.1, -0.05) is 49.6 Å². The average molecular weight is 438 g/mol. The number of Topliss-reactive ketones (excluding diaryl/α,β-unsaturated/α-hetero) is 1. The van der Waals surface area contributed by atoms with E-state index >= 15 is 0 Å². The summed E-state index contributed by atoms with van der Waals surface area (Å²) in [4.78, 5) is 40.5. The fraction of sp³-hybridized carbons (Fsp3) is 0.500. The molecule has 1 saturated heterocycles. The van der Waals surface area contributed by atoms with Crippen LogP contribution in [0.4, 0.5) is 0 Å². The fourth-order valence-electron chi connectivity index (χ4n) is 5.21. The first-order chi connectivity index (χ1) is 15.5. The molecule has 2 aliphatic rings. The smallest absolute Gasteiger partial charge is 0.328 e. The number of hydrogen-bond donors (Lipinski definition) is 1.